The number of aromatic hydroxyl groups is 1. The molecule has 0 aliphatic rings. The molecule has 0 saturated carbocycles. The van der Waals surface area contributed by atoms with E-state index in [1.54, 1.807) is 24.7 Å². The second-order valence-electron chi connectivity index (χ2n) is 6.23. The number of nitrogens with zero attached hydrogens (tertiary/aromatic N) is 3. The zero-order valence-electron chi connectivity index (χ0n) is 14.9. The molecular formula is C20H14ClFN6O. The third-order valence-corrected chi connectivity index (χ3v) is 4.59. The maximum Gasteiger partial charge on any atom is 0.143 e. The lowest BCUT2D eigenvalue weighted by atomic mass is 10.1. The van der Waals surface area contributed by atoms with Gasteiger partial charge >= 0.3 is 0 Å². The van der Waals surface area contributed by atoms with Gasteiger partial charge in [0, 0.05) is 35.2 Å². The van der Waals surface area contributed by atoms with Crippen molar-refractivity contribution in [3.8, 4) is 11.8 Å². The molecule has 0 saturated heterocycles. The second kappa shape index (κ2) is 7.66. The highest BCUT2D eigenvalue weighted by Gasteiger charge is 2.14. The van der Waals surface area contributed by atoms with Crippen molar-refractivity contribution in [3.63, 3.8) is 0 Å². The minimum atomic E-state index is -0.541. The summed E-state index contributed by atoms with van der Waals surface area (Å²) in [6.45, 7) is 0.465. The predicted molar refractivity (Wildman–Crippen MR) is 109 cm³/mol. The standard InChI is InChI=1S/C20H14ClFN6O/c21-16-4-12(1-2-17(16)22)28-19-11(6-23)7-26-20-15(19)3-13(5-18(20)29)25-9-14-8-24-10-27-14/h1-5,7-8,10,25,29H,9H2,(H,24,27)(H,26,28). The molecule has 7 nitrogen and oxygen atoms in total. The van der Waals surface area contributed by atoms with E-state index < -0.39 is 5.82 Å². The number of phenolic OH excluding ortho intramolecular Hbond substituents is 1. The number of anilines is 3. The fraction of sp³-hybridized carbons (Fsp3) is 0.0500. The summed E-state index contributed by atoms with van der Waals surface area (Å²) in [5, 5.41) is 26.7. The van der Waals surface area contributed by atoms with Gasteiger partial charge in [-0.05, 0) is 24.3 Å². The number of rotatable bonds is 5. The fourth-order valence-electron chi connectivity index (χ4n) is 2.90. The van der Waals surface area contributed by atoms with Gasteiger partial charge in [0.15, 0.2) is 0 Å². The predicted octanol–water partition coefficient (Wildman–Crippen LogP) is 4.68. The number of hydrogen-bond acceptors (Lipinski definition) is 6. The summed E-state index contributed by atoms with van der Waals surface area (Å²) >= 11 is 5.86. The number of halogens is 2. The zero-order valence-corrected chi connectivity index (χ0v) is 15.6. The van der Waals surface area contributed by atoms with E-state index >= 15 is 0 Å². The highest BCUT2D eigenvalue weighted by Crippen LogP contribution is 2.36. The van der Waals surface area contributed by atoms with Gasteiger partial charge in [-0.15, -0.1) is 0 Å². The fourth-order valence-corrected chi connectivity index (χ4v) is 3.08. The first-order valence-electron chi connectivity index (χ1n) is 8.54. The Morgan fingerprint density at radius 1 is 1.21 bits per heavy atom. The number of nitriles is 1. The van der Waals surface area contributed by atoms with E-state index in [-0.39, 0.29) is 16.3 Å². The van der Waals surface area contributed by atoms with Crippen LogP contribution in [0.25, 0.3) is 10.9 Å². The molecule has 0 amide bonds. The quantitative estimate of drug-likeness (QED) is 0.381. The number of aromatic nitrogens is 3. The van der Waals surface area contributed by atoms with Gasteiger partial charge in [0.1, 0.15) is 23.2 Å². The molecule has 0 bridgehead atoms. The molecule has 0 spiro atoms. The molecule has 0 aliphatic heterocycles. The van der Waals surface area contributed by atoms with Gasteiger partial charge in [0.25, 0.3) is 0 Å². The minimum absolute atomic E-state index is 0.0423. The summed E-state index contributed by atoms with van der Waals surface area (Å²) in [5.74, 6) is -0.584. The molecule has 0 fully saturated rings. The molecule has 9 heteroatoms. The first-order chi connectivity index (χ1) is 14.0. The average molecular weight is 409 g/mol. The number of aromatic amines is 1. The van der Waals surface area contributed by atoms with Crippen LogP contribution in [-0.2, 0) is 6.54 Å². The smallest absolute Gasteiger partial charge is 0.143 e. The average Bonchev–Trinajstić information content (AvgIpc) is 3.23. The Morgan fingerprint density at radius 2 is 2.07 bits per heavy atom. The van der Waals surface area contributed by atoms with E-state index in [1.807, 2.05) is 0 Å². The summed E-state index contributed by atoms with van der Waals surface area (Å²) in [4.78, 5) is 11.1. The summed E-state index contributed by atoms with van der Waals surface area (Å²) in [5.41, 5.74) is 3.01. The van der Waals surface area contributed by atoms with Crippen molar-refractivity contribution in [3.05, 3.63) is 71.2 Å². The van der Waals surface area contributed by atoms with Gasteiger partial charge in [-0.1, -0.05) is 11.6 Å². The monoisotopic (exact) mass is 408 g/mol. The van der Waals surface area contributed by atoms with Crippen molar-refractivity contribution in [2.75, 3.05) is 10.6 Å². The van der Waals surface area contributed by atoms with Crippen molar-refractivity contribution < 1.29 is 9.50 Å². The molecular weight excluding hydrogens is 395 g/mol. The van der Waals surface area contributed by atoms with Gasteiger partial charge in [0.05, 0.1) is 34.8 Å². The SMILES string of the molecule is N#Cc1cnc2c(O)cc(NCc3cnc[nH]3)cc2c1Nc1ccc(F)c(Cl)c1. The summed E-state index contributed by atoms with van der Waals surface area (Å²) in [6, 6.07) is 9.56. The Balaban J connectivity index is 1.78. The highest BCUT2D eigenvalue weighted by atomic mass is 35.5. The van der Waals surface area contributed by atoms with Crippen molar-refractivity contribution in [2.24, 2.45) is 0 Å². The molecule has 2 aromatic carbocycles. The van der Waals surface area contributed by atoms with E-state index in [4.69, 9.17) is 11.6 Å². The van der Waals surface area contributed by atoms with E-state index in [9.17, 15) is 14.8 Å². The van der Waals surface area contributed by atoms with Gasteiger partial charge < -0.3 is 20.7 Å². The Kier molecular flexibility index (Phi) is 4.89. The molecule has 0 atom stereocenters. The molecule has 0 radical (unpaired) electrons. The summed E-state index contributed by atoms with van der Waals surface area (Å²) in [6.07, 6.45) is 4.63. The topological polar surface area (TPSA) is 110 Å². The van der Waals surface area contributed by atoms with Crippen molar-refractivity contribution in [1.82, 2.24) is 15.0 Å². The lowest BCUT2D eigenvalue weighted by molar-refractivity contribution is 0.480. The Hall–Kier alpha value is -3.83. The number of phenols is 1. The van der Waals surface area contributed by atoms with Crippen LogP contribution in [0, 0.1) is 17.1 Å². The molecule has 29 heavy (non-hydrogen) atoms. The van der Waals surface area contributed by atoms with Gasteiger partial charge in [0.2, 0.25) is 0 Å². The second-order valence-corrected chi connectivity index (χ2v) is 6.64. The number of H-pyrrole nitrogens is 1. The van der Waals surface area contributed by atoms with Gasteiger partial charge in [-0.25, -0.2) is 9.37 Å². The molecule has 2 heterocycles. The maximum absolute atomic E-state index is 13.5. The number of nitrogens with one attached hydrogen (secondary N) is 3. The third kappa shape index (κ3) is 3.77. The molecule has 2 aromatic heterocycles. The van der Waals surface area contributed by atoms with E-state index in [1.165, 1.54) is 24.4 Å². The summed E-state index contributed by atoms with van der Waals surface area (Å²) < 4.78 is 13.5. The van der Waals surface area contributed by atoms with Crippen LogP contribution in [0.2, 0.25) is 5.02 Å². The van der Waals surface area contributed by atoms with E-state index in [0.29, 0.717) is 34.5 Å². The maximum atomic E-state index is 13.5. The summed E-state index contributed by atoms with van der Waals surface area (Å²) in [7, 11) is 0. The number of hydrogen-bond donors (Lipinski definition) is 4. The van der Waals surface area contributed by atoms with Crippen molar-refractivity contribution in [2.45, 2.75) is 6.54 Å². The first-order valence-corrected chi connectivity index (χ1v) is 8.92. The van der Waals surface area contributed by atoms with Crippen LogP contribution in [0.3, 0.4) is 0 Å². The highest BCUT2D eigenvalue weighted by molar-refractivity contribution is 6.31. The van der Waals surface area contributed by atoms with Crippen LogP contribution in [0.4, 0.5) is 21.5 Å². The van der Waals surface area contributed by atoms with Crippen LogP contribution in [0.1, 0.15) is 11.3 Å². The van der Waals surface area contributed by atoms with Gasteiger partial charge in [-0.3, -0.25) is 4.98 Å². The number of fused-ring (bicyclic) bond motifs is 1. The van der Waals surface area contributed by atoms with Crippen LogP contribution >= 0.6 is 11.6 Å². The van der Waals surface area contributed by atoms with Crippen molar-refractivity contribution >= 4 is 39.6 Å². The third-order valence-electron chi connectivity index (χ3n) is 4.30. The normalized spacial score (nSPS) is 10.7. The number of benzene rings is 2. The largest absolute Gasteiger partial charge is 0.506 e. The van der Waals surface area contributed by atoms with Crippen LogP contribution in [-0.4, -0.2) is 20.1 Å². The molecule has 4 rings (SSSR count). The molecule has 0 unspecified atom stereocenters. The van der Waals surface area contributed by atoms with E-state index in [0.717, 1.165) is 5.69 Å². The Bertz CT molecular complexity index is 1240. The molecule has 4 N–H and O–H groups in total. The van der Waals surface area contributed by atoms with Crippen LogP contribution in [0.5, 0.6) is 5.75 Å². The zero-order chi connectivity index (χ0) is 20.4. The van der Waals surface area contributed by atoms with E-state index in [2.05, 4.69) is 31.7 Å². The lowest BCUT2D eigenvalue weighted by Gasteiger charge is -2.14. The Morgan fingerprint density at radius 3 is 2.79 bits per heavy atom. The molecule has 144 valence electrons. The lowest BCUT2D eigenvalue weighted by Crippen LogP contribution is -2.01. The number of pyridine rings is 1. The van der Waals surface area contributed by atoms with Gasteiger partial charge in [-0.2, -0.15) is 5.26 Å². The first kappa shape index (κ1) is 18.5. The van der Waals surface area contributed by atoms with Crippen LogP contribution in [0.15, 0.2) is 49.1 Å². The molecule has 0 aliphatic carbocycles. The van der Waals surface area contributed by atoms with Crippen LogP contribution < -0.4 is 10.6 Å². The minimum Gasteiger partial charge on any atom is -0.506 e. The Labute approximate surface area is 169 Å². The van der Waals surface area contributed by atoms with Crippen molar-refractivity contribution in [1.29, 1.82) is 5.26 Å². The number of imidazole rings is 1. The molecule has 4 aromatic rings.